The van der Waals surface area contributed by atoms with Gasteiger partial charge in [-0.15, -0.1) is 0 Å². The highest BCUT2D eigenvalue weighted by Gasteiger charge is 2.20. The molecule has 0 spiro atoms. The van der Waals surface area contributed by atoms with E-state index in [9.17, 15) is 0 Å². The minimum Gasteiger partial charge on any atom is -0.309 e. The fraction of sp³-hybridized carbons (Fsp3) is 0. The third-order valence-corrected chi connectivity index (χ3v) is 9.54. The number of nitrogens with zero attached hydrogens (tertiary/aromatic N) is 3. The van der Waals surface area contributed by atoms with Gasteiger partial charge in [-0.25, -0.2) is 9.97 Å². The molecule has 0 N–H and O–H groups in total. The van der Waals surface area contributed by atoms with Crippen molar-refractivity contribution in [3.05, 3.63) is 164 Å². The summed E-state index contributed by atoms with van der Waals surface area (Å²) in [5.74, 6) is 0.728. The molecule has 0 amide bonds. The summed E-state index contributed by atoms with van der Waals surface area (Å²) in [6.45, 7) is 0. The molecule has 47 heavy (non-hydrogen) atoms. The first-order valence-electron chi connectivity index (χ1n) is 16.0. The van der Waals surface area contributed by atoms with Gasteiger partial charge >= 0.3 is 0 Å². The second kappa shape index (κ2) is 10.1. The van der Waals surface area contributed by atoms with Crippen molar-refractivity contribution in [1.82, 2.24) is 14.5 Å². The predicted molar refractivity (Wildman–Crippen MR) is 197 cm³/mol. The van der Waals surface area contributed by atoms with E-state index in [1.807, 2.05) is 24.3 Å². The Balaban J connectivity index is 1.32. The molecule has 0 bridgehead atoms. The van der Waals surface area contributed by atoms with Crippen LogP contribution in [0, 0.1) is 0 Å². The minimum atomic E-state index is 0.728. The van der Waals surface area contributed by atoms with Crippen LogP contribution < -0.4 is 0 Å². The monoisotopic (exact) mass is 597 g/mol. The van der Waals surface area contributed by atoms with Crippen LogP contribution in [0.15, 0.2) is 164 Å². The van der Waals surface area contributed by atoms with Crippen LogP contribution in [0.5, 0.6) is 0 Å². The quantitative estimate of drug-likeness (QED) is 0.190. The van der Waals surface area contributed by atoms with Crippen molar-refractivity contribution in [3.63, 3.8) is 0 Å². The van der Waals surface area contributed by atoms with Crippen molar-refractivity contribution in [2.45, 2.75) is 0 Å². The molecule has 10 aromatic rings. The fourth-order valence-corrected chi connectivity index (χ4v) is 7.52. The lowest BCUT2D eigenvalue weighted by molar-refractivity contribution is 1.18. The maximum atomic E-state index is 5.19. The highest BCUT2D eigenvalue weighted by molar-refractivity contribution is 6.36. The maximum absolute atomic E-state index is 5.19. The molecule has 0 atom stereocenters. The number of para-hydroxylation sites is 2. The van der Waals surface area contributed by atoms with E-state index < -0.39 is 0 Å². The van der Waals surface area contributed by atoms with E-state index >= 15 is 0 Å². The molecule has 2 aromatic heterocycles. The zero-order chi connectivity index (χ0) is 30.9. The molecule has 2 heterocycles. The van der Waals surface area contributed by atoms with Crippen LogP contribution in [0.1, 0.15) is 0 Å². The summed E-state index contributed by atoms with van der Waals surface area (Å²) in [6.07, 6.45) is 0. The average molecular weight is 598 g/mol. The molecule has 0 fully saturated rings. The lowest BCUT2D eigenvalue weighted by Gasteiger charge is -2.15. The number of rotatable bonds is 3. The maximum Gasteiger partial charge on any atom is 0.160 e. The van der Waals surface area contributed by atoms with E-state index in [2.05, 4.69) is 144 Å². The van der Waals surface area contributed by atoms with E-state index in [0.29, 0.717) is 0 Å². The first-order valence-corrected chi connectivity index (χ1v) is 16.0. The Hall–Kier alpha value is -6.32. The van der Waals surface area contributed by atoms with Gasteiger partial charge in [0, 0.05) is 38.4 Å². The third-order valence-electron chi connectivity index (χ3n) is 9.54. The van der Waals surface area contributed by atoms with Crippen LogP contribution in [-0.2, 0) is 0 Å². The van der Waals surface area contributed by atoms with Crippen LogP contribution >= 0.6 is 0 Å². The van der Waals surface area contributed by atoms with Gasteiger partial charge in [-0.3, -0.25) is 0 Å². The Morgan fingerprint density at radius 2 is 1.06 bits per heavy atom. The van der Waals surface area contributed by atoms with Crippen molar-refractivity contribution >= 4 is 65.0 Å². The molecule has 0 aliphatic carbocycles. The molecule has 3 heteroatoms. The molecular formula is C44H27N3. The van der Waals surface area contributed by atoms with Crippen LogP contribution in [0.2, 0.25) is 0 Å². The SMILES string of the molecule is c1ccc(-c2nc(-c3cccc(-n4c5ccccc5c5c6ccccc6c6c7ccccc7ccc6c54)c3)c3ccccc3n2)cc1. The normalized spacial score (nSPS) is 11.8. The van der Waals surface area contributed by atoms with E-state index in [1.165, 1.54) is 54.1 Å². The number of hydrogen-bond acceptors (Lipinski definition) is 2. The summed E-state index contributed by atoms with van der Waals surface area (Å²) in [7, 11) is 0. The molecule has 218 valence electrons. The van der Waals surface area contributed by atoms with Crippen molar-refractivity contribution in [2.24, 2.45) is 0 Å². The largest absolute Gasteiger partial charge is 0.309 e. The highest BCUT2D eigenvalue weighted by atomic mass is 15.0. The molecule has 0 saturated heterocycles. The van der Waals surface area contributed by atoms with Gasteiger partial charge < -0.3 is 4.57 Å². The highest BCUT2D eigenvalue weighted by Crippen LogP contribution is 2.44. The number of hydrogen-bond donors (Lipinski definition) is 0. The summed E-state index contributed by atoms with van der Waals surface area (Å²) < 4.78 is 2.46. The Morgan fingerprint density at radius 3 is 1.91 bits per heavy atom. The van der Waals surface area contributed by atoms with Crippen LogP contribution in [-0.4, -0.2) is 14.5 Å². The first kappa shape index (κ1) is 26.0. The number of fused-ring (bicyclic) bond motifs is 11. The van der Waals surface area contributed by atoms with Crippen molar-refractivity contribution < 1.29 is 0 Å². The smallest absolute Gasteiger partial charge is 0.160 e. The topological polar surface area (TPSA) is 30.7 Å². The van der Waals surface area contributed by atoms with Crippen LogP contribution in [0.25, 0.3) is 93.4 Å². The molecular weight excluding hydrogens is 571 g/mol. The van der Waals surface area contributed by atoms with Gasteiger partial charge in [0.05, 0.1) is 22.2 Å². The van der Waals surface area contributed by atoms with Gasteiger partial charge in [0.15, 0.2) is 5.82 Å². The summed E-state index contributed by atoms with van der Waals surface area (Å²) in [5.41, 5.74) is 7.43. The molecule has 8 aromatic carbocycles. The minimum absolute atomic E-state index is 0.728. The standard InChI is InChI=1S/C44H27N3/c1-2-14-29(15-3-1)44-45-38-23-10-8-21-35(38)42(46-44)30-16-12-17-31(27-30)47-39-24-11-9-22-36(39)41-34-20-7-6-19-33(34)40-32-18-5-4-13-28(32)25-26-37(40)43(41)47/h1-27H. The van der Waals surface area contributed by atoms with Crippen LogP contribution in [0.4, 0.5) is 0 Å². The zero-order valence-electron chi connectivity index (χ0n) is 25.4. The van der Waals surface area contributed by atoms with Gasteiger partial charge in [-0.2, -0.15) is 0 Å². The molecule has 0 radical (unpaired) electrons. The Bertz CT molecular complexity index is 2850. The van der Waals surface area contributed by atoms with Gasteiger partial charge in [0.25, 0.3) is 0 Å². The number of aromatic nitrogens is 3. The van der Waals surface area contributed by atoms with Crippen LogP contribution in [0.3, 0.4) is 0 Å². The second-order valence-corrected chi connectivity index (χ2v) is 12.2. The summed E-state index contributed by atoms with van der Waals surface area (Å²) in [4.78, 5) is 10.2. The molecule has 0 saturated carbocycles. The van der Waals surface area contributed by atoms with Gasteiger partial charge in [-0.05, 0) is 51.2 Å². The number of benzene rings is 8. The van der Waals surface area contributed by atoms with Gasteiger partial charge in [0.1, 0.15) is 0 Å². The fourth-order valence-electron chi connectivity index (χ4n) is 7.52. The second-order valence-electron chi connectivity index (χ2n) is 12.2. The Morgan fingerprint density at radius 1 is 0.404 bits per heavy atom. The lowest BCUT2D eigenvalue weighted by atomic mass is 9.93. The van der Waals surface area contributed by atoms with Crippen molar-refractivity contribution in [1.29, 1.82) is 0 Å². The molecule has 0 unspecified atom stereocenters. The summed E-state index contributed by atoms with van der Waals surface area (Å²) in [6, 6.07) is 58.4. The molecule has 10 rings (SSSR count). The van der Waals surface area contributed by atoms with E-state index in [0.717, 1.165) is 39.2 Å². The molecule has 3 nitrogen and oxygen atoms in total. The van der Waals surface area contributed by atoms with Crippen molar-refractivity contribution in [2.75, 3.05) is 0 Å². The van der Waals surface area contributed by atoms with E-state index in [-0.39, 0.29) is 0 Å². The van der Waals surface area contributed by atoms with Crippen molar-refractivity contribution in [3.8, 4) is 28.3 Å². The zero-order valence-corrected chi connectivity index (χ0v) is 25.4. The first-order chi connectivity index (χ1) is 23.3. The van der Waals surface area contributed by atoms with Gasteiger partial charge in [0.2, 0.25) is 0 Å². The predicted octanol–water partition coefficient (Wildman–Crippen LogP) is 11.5. The Labute approximate surface area is 271 Å². The lowest BCUT2D eigenvalue weighted by Crippen LogP contribution is -1.98. The van der Waals surface area contributed by atoms with E-state index in [1.54, 1.807) is 0 Å². The molecule has 0 aliphatic heterocycles. The van der Waals surface area contributed by atoms with E-state index in [4.69, 9.17) is 9.97 Å². The Kier molecular flexibility index (Phi) is 5.57. The van der Waals surface area contributed by atoms with Gasteiger partial charge in [-0.1, -0.05) is 140 Å². The third kappa shape index (κ3) is 3.87. The average Bonchev–Trinajstić information content (AvgIpc) is 3.50. The summed E-state index contributed by atoms with van der Waals surface area (Å²) >= 11 is 0. The molecule has 0 aliphatic rings. The summed E-state index contributed by atoms with van der Waals surface area (Å²) in [5, 5.41) is 11.2.